The second-order valence-electron chi connectivity index (χ2n) is 4.43. The Kier molecular flexibility index (Phi) is 6.52. The Morgan fingerprint density at radius 1 is 1.17 bits per heavy atom. The molecule has 0 aliphatic heterocycles. The standard InChI is InChI=1S/C15H11Br2NO5S/c1-22-14(20)8-3-2-4-9(5-8)18-12(19)7-23-15(21)11-6-10(16)13(17)24-11/h2-6H,7H2,1H3,(H,18,19). The van der Waals surface area contributed by atoms with Crippen LogP contribution in [0.4, 0.5) is 5.69 Å². The molecule has 2 aromatic rings. The van der Waals surface area contributed by atoms with Crippen molar-refractivity contribution in [1.29, 1.82) is 0 Å². The van der Waals surface area contributed by atoms with Gasteiger partial charge in [0.15, 0.2) is 6.61 Å². The van der Waals surface area contributed by atoms with Gasteiger partial charge in [0, 0.05) is 10.2 Å². The minimum atomic E-state index is -0.593. The van der Waals surface area contributed by atoms with Crippen molar-refractivity contribution in [2.75, 3.05) is 19.0 Å². The summed E-state index contributed by atoms with van der Waals surface area (Å²) in [5.41, 5.74) is 0.709. The summed E-state index contributed by atoms with van der Waals surface area (Å²) < 4.78 is 11.1. The monoisotopic (exact) mass is 475 g/mol. The summed E-state index contributed by atoms with van der Waals surface area (Å²) in [5.74, 6) is -1.61. The summed E-state index contributed by atoms with van der Waals surface area (Å²) in [6, 6.07) is 7.86. The number of thiophene rings is 1. The molecule has 126 valence electrons. The summed E-state index contributed by atoms with van der Waals surface area (Å²) in [6.45, 7) is -0.436. The highest BCUT2D eigenvalue weighted by Crippen LogP contribution is 2.32. The van der Waals surface area contributed by atoms with E-state index in [0.717, 1.165) is 8.26 Å². The molecule has 0 aliphatic carbocycles. The quantitative estimate of drug-likeness (QED) is 0.662. The van der Waals surface area contributed by atoms with E-state index in [9.17, 15) is 14.4 Å². The van der Waals surface area contributed by atoms with E-state index in [-0.39, 0.29) is 0 Å². The fraction of sp³-hybridized carbons (Fsp3) is 0.133. The lowest BCUT2D eigenvalue weighted by Crippen LogP contribution is -2.20. The number of hydrogen-bond acceptors (Lipinski definition) is 6. The molecule has 6 nitrogen and oxygen atoms in total. The van der Waals surface area contributed by atoms with Crippen molar-refractivity contribution < 1.29 is 23.9 Å². The molecule has 1 N–H and O–H groups in total. The predicted molar refractivity (Wildman–Crippen MR) is 96.4 cm³/mol. The lowest BCUT2D eigenvalue weighted by molar-refractivity contribution is -0.119. The van der Waals surface area contributed by atoms with Crippen LogP contribution in [0.3, 0.4) is 0 Å². The first-order chi connectivity index (χ1) is 11.4. The zero-order valence-electron chi connectivity index (χ0n) is 12.3. The van der Waals surface area contributed by atoms with Gasteiger partial charge in [-0.05, 0) is 56.1 Å². The molecule has 0 saturated carbocycles. The number of anilines is 1. The summed E-state index contributed by atoms with van der Waals surface area (Å²) in [6.07, 6.45) is 0. The maximum atomic E-state index is 11.9. The molecule has 1 aromatic heterocycles. The number of amides is 1. The van der Waals surface area contributed by atoms with E-state index < -0.39 is 24.5 Å². The molecular weight excluding hydrogens is 466 g/mol. The zero-order valence-corrected chi connectivity index (χ0v) is 16.3. The smallest absolute Gasteiger partial charge is 0.348 e. The average Bonchev–Trinajstić information content (AvgIpc) is 2.91. The minimum Gasteiger partial charge on any atom is -0.465 e. The van der Waals surface area contributed by atoms with Gasteiger partial charge < -0.3 is 14.8 Å². The number of esters is 2. The molecule has 0 aliphatic rings. The highest BCUT2D eigenvalue weighted by molar-refractivity contribution is 9.13. The van der Waals surface area contributed by atoms with Crippen LogP contribution in [-0.4, -0.2) is 31.6 Å². The Morgan fingerprint density at radius 3 is 2.54 bits per heavy atom. The average molecular weight is 477 g/mol. The third-order valence-electron chi connectivity index (χ3n) is 2.75. The summed E-state index contributed by atoms with van der Waals surface area (Å²) >= 11 is 7.75. The molecule has 1 heterocycles. The predicted octanol–water partition coefficient (Wildman–Crippen LogP) is 3.86. The number of benzene rings is 1. The topological polar surface area (TPSA) is 81.7 Å². The van der Waals surface area contributed by atoms with E-state index in [1.807, 2.05) is 0 Å². The van der Waals surface area contributed by atoms with Gasteiger partial charge in [0.05, 0.1) is 16.5 Å². The molecule has 0 spiro atoms. The van der Waals surface area contributed by atoms with Crippen molar-refractivity contribution in [3.05, 3.63) is 49.0 Å². The van der Waals surface area contributed by atoms with E-state index in [1.165, 1.54) is 24.5 Å². The van der Waals surface area contributed by atoms with Crippen LogP contribution in [0.2, 0.25) is 0 Å². The van der Waals surface area contributed by atoms with Gasteiger partial charge in [0.25, 0.3) is 5.91 Å². The highest BCUT2D eigenvalue weighted by Gasteiger charge is 2.15. The van der Waals surface area contributed by atoms with Crippen LogP contribution >= 0.6 is 43.2 Å². The molecular formula is C15H11Br2NO5S. The van der Waals surface area contributed by atoms with Crippen molar-refractivity contribution >= 4 is 66.7 Å². The van der Waals surface area contributed by atoms with Gasteiger partial charge in [0.2, 0.25) is 0 Å². The van der Waals surface area contributed by atoms with Gasteiger partial charge >= 0.3 is 11.9 Å². The van der Waals surface area contributed by atoms with E-state index in [2.05, 4.69) is 41.9 Å². The molecule has 0 bridgehead atoms. The normalized spacial score (nSPS) is 10.1. The fourth-order valence-corrected chi connectivity index (χ4v) is 3.62. The Morgan fingerprint density at radius 2 is 1.92 bits per heavy atom. The van der Waals surface area contributed by atoms with Crippen molar-refractivity contribution in [2.45, 2.75) is 0 Å². The highest BCUT2D eigenvalue weighted by atomic mass is 79.9. The maximum absolute atomic E-state index is 11.9. The summed E-state index contributed by atoms with van der Waals surface area (Å²) in [5, 5.41) is 2.55. The van der Waals surface area contributed by atoms with Crippen LogP contribution in [-0.2, 0) is 14.3 Å². The van der Waals surface area contributed by atoms with Crippen LogP contribution in [0.5, 0.6) is 0 Å². The number of nitrogens with one attached hydrogen (secondary N) is 1. The number of halogens is 2. The van der Waals surface area contributed by atoms with Gasteiger partial charge in [-0.15, -0.1) is 11.3 Å². The van der Waals surface area contributed by atoms with E-state index in [0.29, 0.717) is 16.1 Å². The molecule has 0 radical (unpaired) electrons. The lowest BCUT2D eigenvalue weighted by Gasteiger charge is -2.07. The van der Waals surface area contributed by atoms with Gasteiger partial charge in [-0.2, -0.15) is 0 Å². The molecule has 1 aromatic carbocycles. The molecule has 2 rings (SSSR count). The summed E-state index contributed by atoms with van der Waals surface area (Å²) in [4.78, 5) is 35.5. The van der Waals surface area contributed by atoms with E-state index >= 15 is 0 Å². The maximum Gasteiger partial charge on any atom is 0.348 e. The van der Waals surface area contributed by atoms with Gasteiger partial charge in [-0.3, -0.25) is 4.79 Å². The molecule has 1 amide bonds. The number of hydrogen-bond donors (Lipinski definition) is 1. The Balaban J connectivity index is 1.91. The van der Waals surface area contributed by atoms with E-state index in [1.54, 1.807) is 24.3 Å². The molecule has 0 saturated heterocycles. The Hall–Kier alpha value is -1.71. The SMILES string of the molecule is COC(=O)c1cccc(NC(=O)COC(=O)c2cc(Br)c(Br)s2)c1. The van der Waals surface area contributed by atoms with Crippen LogP contribution in [0.1, 0.15) is 20.0 Å². The fourth-order valence-electron chi connectivity index (χ4n) is 1.69. The second kappa shape index (κ2) is 8.41. The number of ether oxygens (including phenoxy) is 2. The largest absolute Gasteiger partial charge is 0.465 e. The first-order valence-electron chi connectivity index (χ1n) is 6.51. The third kappa shape index (κ3) is 4.89. The lowest BCUT2D eigenvalue weighted by atomic mass is 10.2. The van der Waals surface area contributed by atoms with Crippen molar-refractivity contribution in [3.8, 4) is 0 Å². The minimum absolute atomic E-state index is 0.306. The van der Waals surface area contributed by atoms with Gasteiger partial charge in [0.1, 0.15) is 4.88 Å². The molecule has 0 unspecified atom stereocenters. The van der Waals surface area contributed by atoms with Crippen LogP contribution in [0.15, 0.2) is 38.6 Å². The van der Waals surface area contributed by atoms with Crippen LogP contribution < -0.4 is 5.32 Å². The zero-order chi connectivity index (χ0) is 17.7. The van der Waals surface area contributed by atoms with Crippen LogP contribution in [0.25, 0.3) is 0 Å². The Bertz CT molecular complexity index is 770. The number of carbonyl (C=O) groups excluding carboxylic acids is 3. The summed E-state index contributed by atoms with van der Waals surface area (Å²) in [7, 11) is 1.27. The third-order valence-corrected chi connectivity index (χ3v) is 5.98. The van der Waals surface area contributed by atoms with Crippen molar-refractivity contribution in [1.82, 2.24) is 0 Å². The molecule has 0 atom stereocenters. The number of methoxy groups -OCH3 is 1. The number of rotatable bonds is 5. The second-order valence-corrected chi connectivity index (χ2v) is 7.65. The first-order valence-corrected chi connectivity index (χ1v) is 8.91. The van der Waals surface area contributed by atoms with Crippen molar-refractivity contribution in [3.63, 3.8) is 0 Å². The van der Waals surface area contributed by atoms with Crippen molar-refractivity contribution in [2.24, 2.45) is 0 Å². The van der Waals surface area contributed by atoms with Crippen LogP contribution in [0, 0.1) is 0 Å². The molecule has 0 fully saturated rings. The molecule has 9 heteroatoms. The number of carbonyl (C=O) groups is 3. The molecule has 24 heavy (non-hydrogen) atoms. The van der Waals surface area contributed by atoms with E-state index in [4.69, 9.17) is 4.74 Å². The first kappa shape index (κ1) is 18.6. The van der Waals surface area contributed by atoms with Gasteiger partial charge in [-0.25, -0.2) is 9.59 Å². The Labute approximate surface area is 158 Å². The van der Waals surface area contributed by atoms with Gasteiger partial charge in [-0.1, -0.05) is 6.07 Å².